The second kappa shape index (κ2) is 3.67. The Morgan fingerprint density at radius 3 is 2.73 bits per heavy atom. The average Bonchev–Trinajstić information content (AvgIpc) is 2.03. The van der Waals surface area contributed by atoms with Crippen LogP contribution in [-0.2, 0) is 4.74 Å². The van der Waals surface area contributed by atoms with E-state index in [1.807, 2.05) is 25.7 Å². The van der Waals surface area contributed by atoms with Crippen LogP contribution in [0.2, 0.25) is 0 Å². The number of amides is 1. The molecule has 0 aliphatic carbocycles. The number of hydrogen-bond donors (Lipinski definition) is 1. The van der Waals surface area contributed by atoms with Gasteiger partial charge in [-0.1, -0.05) is 0 Å². The number of piperidine rings is 1. The molecule has 2 saturated heterocycles. The first-order valence-electron chi connectivity index (χ1n) is 5.70. The molecular weight excluding hydrogens is 192 g/mol. The Bertz CT molecular complexity index is 260. The predicted molar refractivity (Wildman–Crippen MR) is 57.8 cm³/mol. The number of carbonyl (C=O) groups is 1. The molecule has 0 bridgehead atoms. The highest BCUT2D eigenvalue weighted by Crippen LogP contribution is 2.25. The van der Waals surface area contributed by atoms with Crippen molar-refractivity contribution in [2.45, 2.75) is 51.3 Å². The molecule has 15 heavy (non-hydrogen) atoms. The summed E-state index contributed by atoms with van der Waals surface area (Å²) in [6, 6.07) is 0.875. The highest BCUT2D eigenvalue weighted by atomic mass is 16.6. The Hall–Kier alpha value is -0.770. The van der Waals surface area contributed by atoms with Gasteiger partial charge in [-0.15, -0.1) is 0 Å². The maximum Gasteiger partial charge on any atom is 0.410 e. The SMILES string of the molecule is CC(C)(C)OC(=O)N1CCC[C@H]2NC[C@@H]21. The fourth-order valence-electron chi connectivity index (χ4n) is 2.21. The lowest BCUT2D eigenvalue weighted by atomic mass is 9.90. The molecule has 2 atom stereocenters. The second-order valence-electron chi connectivity index (χ2n) is 5.40. The first-order valence-corrected chi connectivity index (χ1v) is 5.70. The van der Waals surface area contributed by atoms with Crippen LogP contribution in [0.5, 0.6) is 0 Å². The van der Waals surface area contributed by atoms with Crippen LogP contribution in [0.15, 0.2) is 0 Å². The molecule has 1 amide bonds. The number of nitrogens with one attached hydrogen (secondary N) is 1. The second-order valence-corrected chi connectivity index (χ2v) is 5.40. The topological polar surface area (TPSA) is 41.6 Å². The summed E-state index contributed by atoms with van der Waals surface area (Å²) >= 11 is 0. The Balaban J connectivity index is 1.94. The fraction of sp³-hybridized carbons (Fsp3) is 0.909. The van der Waals surface area contributed by atoms with Crippen LogP contribution in [0, 0.1) is 0 Å². The van der Waals surface area contributed by atoms with Gasteiger partial charge in [-0.2, -0.15) is 0 Å². The maximum absolute atomic E-state index is 11.9. The van der Waals surface area contributed by atoms with E-state index in [1.54, 1.807) is 0 Å². The number of hydrogen-bond acceptors (Lipinski definition) is 3. The summed E-state index contributed by atoms with van der Waals surface area (Å²) in [6.45, 7) is 7.49. The van der Waals surface area contributed by atoms with Gasteiger partial charge in [0.15, 0.2) is 0 Å². The van der Waals surface area contributed by atoms with Gasteiger partial charge in [0.05, 0.1) is 6.04 Å². The Morgan fingerprint density at radius 2 is 2.20 bits per heavy atom. The number of rotatable bonds is 0. The van der Waals surface area contributed by atoms with Gasteiger partial charge in [0.1, 0.15) is 5.60 Å². The Labute approximate surface area is 91.0 Å². The van der Waals surface area contributed by atoms with E-state index in [0.717, 1.165) is 19.5 Å². The lowest BCUT2D eigenvalue weighted by Crippen LogP contribution is -2.68. The molecule has 0 aromatic rings. The van der Waals surface area contributed by atoms with E-state index >= 15 is 0 Å². The number of likely N-dealkylation sites (tertiary alicyclic amines) is 1. The van der Waals surface area contributed by atoms with Gasteiger partial charge in [-0.05, 0) is 33.6 Å². The molecule has 0 saturated carbocycles. The highest BCUT2D eigenvalue weighted by molar-refractivity contribution is 5.69. The van der Waals surface area contributed by atoms with E-state index in [-0.39, 0.29) is 11.7 Å². The Morgan fingerprint density at radius 1 is 1.47 bits per heavy atom. The summed E-state index contributed by atoms with van der Waals surface area (Å²) in [6.07, 6.45) is 2.11. The minimum absolute atomic E-state index is 0.154. The lowest BCUT2D eigenvalue weighted by Gasteiger charge is -2.48. The summed E-state index contributed by atoms with van der Waals surface area (Å²) in [7, 11) is 0. The molecule has 2 aliphatic heterocycles. The predicted octanol–water partition coefficient (Wildman–Crippen LogP) is 1.36. The fourth-order valence-corrected chi connectivity index (χ4v) is 2.21. The van der Waals surface area contributed by atoms with Crippen LogP contribution in [0.1, 0.15) is 33.6 Å². The molecule has 2 aliphatic rings. The molecule has 0 aromatic heterocycles. The standard InChI is InChI=1S/C11H20N2O2/c1-11(2,3)15-10(14)13-6-4-5-8-9(13)7-12-8/h8-9,12H,4-7H2,1-3H3/t8-,9+/m1/s1. The van der Waals surface area contributed by atoms with Crippen molar-refractivity contribution in [3.05, 3.63) is 0 Å². The number of fused-ring (bicyclic) bond motifs is 1. The van der Waals surface area contributed by atoms with E-state index in [0.29, 0.717) is 12.1 Å². The van der Waals surface area contributed by atoms with Crippen molar-refractivity contribution in [3.8, 4) is 0 Å². The minimum atomic E-state index is -0.388. The van der Waals surface area contributed by atoms with Crippen molar-refractivity contribution in [2.24, 2.45) is 0 Å². The van der Waals surface area contributed by atoms with E-state index < -0.39 is 0 Å². The van der Waals surface area contributed by atoms with Gasteiger partial charge in [-0.25, -0.2) is 4.79 Å². The van der Waals surface area contributed by atoms with Crippen molar-refractivity contribution in [1.29, 1.82) is 0 Å². The number of nitrogens with zero attached hydrogens (tertiary/aromatic N) is 1. The lowest BCUT2D eigenvalue weighted by molar-refractivity contribution is -0.00927. The van der Waals surface area contributed by atoms with Gasteiger partial charge in [0, 0.05) is 19.1 Å². The molecule has 0 radical (unpaired) electrons. The first-order chi connectivity index (χ1) is 6.97. The maximum atomic E-state index is 11.9. The van der Waals surface area contributed by atoms with E-state index in [2.05, 4.69) is 5.32 Å². The van der Waals surface area contributed by atoms with E-state index in [1.165, 1.54) is 6.42 Å². The summed E-state index contributed by atoms with van der Waals surface area (Å²) < 4.78 is 5.39. The normalized spacial score (nSPS) is 30.5. The molecule has 0 aromatic carbocycles. The largest absolute Gasteiger partial charge is 0.444 e. The third kappa shape index (κ3) is 2.25. The van der Waals surface area contributed by atoms with Crippen LogP contribution >= 0.6 is 0 Å². The third-order valence-corrected chi connectivity index (χ3v) is 3.00. The first kappa shape index (κ1) is 10.7. The monoisotopic (exact) mass is 212 g/mol. The third-order valence-electron chi connectivity index (χ3n) is 3.00. The molecule has 2 fully saturated rings. The summed E-state index contributed by atoms with van der Waals surface area (Å²) in [5.41, 5.74) is -0.388. The zero-order valence-electron chi connectivity index (χ0n) is 9.75. The molecule has 2 rings (SSSR count). The molecule has 1 N–H and O–H groups in total. The Kier molecular flexibility index (Phi) is 2.63. The number of carbonyl (C=O) groups excluding carboxylic acids is 1. The molecular formula is C11H20N2O2. The van der Waals surface area contributed by atoms with Crippen LogP contribution in [0.4, 0.5) is 4.79 Å². The molecule has 86 valence electrons. The molecule has 0 unspecified atom stereocenters. The van der Waals surface area contributed by atoms with Crippen molar-refractivity contribution >= 4 is 6.09 Å². The van der Waals surface area contributed by atoms with Gasteiger partial charge in [0.2, 0.25) is 0 Å². The van der Waals surface area contributed by atoms with Crippen LogP contribution < -0.4 is 5.32 Å². The minimum Gasteiger partial charge on any atom is -0.444 e. The molecule has 2 heterocycles. The summed E-state index contributed by atoms with van der Waals surface area (Å²) in [5, 5.41) is 3.35. The zero-order chi connectivity index (χ0) is 11.1. The highest BCUT2D eigenvalue weighted by Gasteiger charge is 2.41. The van der Waals surface area contributed by atoms with Crippen LogP contribution in [0.25, 0.3) is 0 Å². The zero-order valence-corrected chi connectivity index (χ0v) is 9.75. The van der Waals surface area contributed by atoms with Crippen LogP contribution in [-0.4, -0.2) is 41.8 Å². The van der Waals surface area contributed by atoms with Crippen molar-refractivity contribution in [1.82, 2.24) is 10.2 Å². The van der Waals surface area contributed by atoms with Crippen molar-refractivity contribution < 1.29 is 9.53 Å². The van der Waals surface area contributed by atoms with Gasteiger partial charge < -0.3 is 15.0 Å². The molecule has 0 spiro atoms. The summed E-state index contributed by atoms with van der Waals surface area (Å²) in [5.74, 6) is 0. The van der Waals surface area contributed by atoms with Gasteiger partial charge in [-0.3, -0.25) is 0 Å². The average molecular weight is 212 g/mol. The van der Waals surface area contributed by atoms with Gasteiger partial charge >= 0.3 is 6.09 Å². The van der Waals surface area contributed by atoms with E-state index in [4.69, 9.17) is 4.74 Å². The van der Waals surface area contributed by atoms with E-state index in [9.17, 15) is 4.79 Å². The summed E-state index contributed by atoms with van der Waals surface area (Å²) in [4.78, 5) is 13.8. The molecule has 4 nitrogen and oxygen atoms in total. The van der Waals surface area contributed by atoms with Crippen molar-refractivity contribution in [2.75, 3.05) is 13.1 Å². The number of ether oxygens (including phenoxy) is 1. The quantitative estimate of drug-likeness (QED) is 0.659. The van der Waals surface area contributed by atoms with Crippen molar-refractivity contribution in [3.63, 3.8) is 0 Å². The molecule has 4 heteroatoms. The smallest absolute Gasteiger partial charge is 0.410 e. The van der Waals surface area contributed by atoms with Gasteiger partial charge in [0.25, 0.3) is 0 Å². The van der Waals surface area contributed by atoms with Crippen LogP contribution in [0.3, 0.4) is 0 Å².